The van der Waals surface area contributed by atoms with Crippen LogP contribution in [0.1, 0.15) is 20.3 Å². The summed E-state index contributed by atoms with van der Waals surface area (Å²) in [4.78, 5) is 34.9. The minimum atomic E-state index is -1.67. The predicted molar refractivity (Wildman–Crippen MR) is 100 cm³/mol. The molecule has 10 heteroatoms. The van der Waals surface area contributed by atoms with Crippen LogP contribution in [0.15, 0.2) is 24.3 Å². The van der Waals surface area contributed by atoms with Crippen LogP contribution < -0.4 is 5.32 Å². The third-order valence-electron chi connectivity index (χ3n) is 3.18. The molecule has 0 radical (unpaired) electrons. The van der Waals surface area contributed by atoms with Gasteiger partial charge in [-0.05, 0) is 26.3 Å². The fourth-order valence-corrected chi connectivity index (χ4v) is 2.89. The van der Waals surface area contributed by atoms with Crippen molar-refractivity contribution in [2.24, 2.45) is 0 Å². The summed E-state index contributed by atoms with van der Waals surface area (Å²) in [5.74, 6) is -1.27. The van der Waals surface area contributed by atoms with Gasteiger partial charge < -0.3 is 28.4 Å². The van der Waals surface area contributed by atoms with Crippen LogP contribution in [0.5, 0.6) is 0 Å². The largest absolute Gasteiger partial charge is 0.458 e. The molecule has 1 N–H and O–H groups in total. The molecular weight excluding hydrogens is 374 g/mol. The van der Waals surface area contributed by atoms with Crippen LogP contribution in [-0.2, 0) is 32.7 Å². The van der Waals surface area contributed by atoms with E-state index in [0.29, 0.717) is 13.0 Å². The van der Waals surface area contributed by atoms with Crippen molar-refractivity contribution in [2.75, 3.05) is 34.0 Å². The first-order valence-corrected chi connectivity index (χ1v) is 10.1. The Morgan fingerprint density at radius 3 is 1.85 bits per heavy atom. The fourth-order valence-electron chi connectivity index (χ4n) is 1.68. The molecule has 0 aromatic heterocycles. The molecular formula is C17H29NO8Si. The van der Waals surface area contributed by atoms with Crippen molar-refractivity contribution in [3.63, 3.8) is 0 Å². The standard InChI is InChI=1S/C17H29NO8Si/c1-12(2)15(19)24-10-14(11-25-16(20)13(3)4)26-17(21)18-8-7-9-27(22-5)23-6/h14,27H,1,3,7-11H2,2,4-6H3,(H,18,21). The zero-order chi connectivity index (χ0) is 20.8. The third-order valence-corrected chi connectivity index (χ3v) is 5.11. The Morgan fingerprint density at radius 2 is 1.44 bits per heavy atom. The lowest BCUT2D eigenvalue weighted by Crippen LogP contribution is -2.36. The van der Waals surface area contributed by atoms with Gasteiger partial charge in [-0.3, -0.25) is 0 Å². The maximum absolute atomic E-state index is 11.9. The van der Waals surface area contributed by atoms with E-state index in [1.54, 1.807) is 14.2 Å². The zero-order valence-electron chi connectivity index (χ0n) is 16.4. The van der Waals surface area contributed by atoms with Gasteiger partial charge in [-0.25, -0.2) is 14.4 Å². The van der Waals surface area contributed by atoms with E-state index < -0.39 is 33.4 Å². The number of alkyl carbamates (subject to hydrolysis) is 1. The molecule has 0 spiro atoms. The summed E-state index contributed by atoms with van der Waals surface area (Å²) < 4.78 is 25.4. The predicted octanol–water partition coefficient (Wildman–Crippen LogP) is 1.22. The molecule has 0 aliphatic carbocycles. The maximum atomic E-state index is 11.9. The third kappa shape index (κ3) is 11.9. The first kappa shape index (κ1) is 24.8. The number of nitrogens with one attached hydrogen (secondary N) is 1. The first-order valence-electron chi connectivity index (χ1n) is 8.36. The van der Waals surface area contributed by atoms with E-state index in [1.165, 1.54) is 13.8 Å². The minimum Gasteiger partial charge on any atom is -0.458 e. The fraction of sp³-hybridized carbons (Fsp3) is 0.588. The van der Waals surface area contributed by atoms with Crippen molar-refractivity contribution in [2.45, 2.75) is 32.4 Å². The highest BCUT2D eigenvalue weighted by molar-refractivity contribution is 6.44. The summed E-state index contributed by atoms with van der Waals surface area (Å²) in [6.45, 7) is 9.71. The van der Waals surface area contributed by atoms with Gasteiger partial charge in [0.25, 0.3) is 0 Å². The van der Waals surface area contributed by atoms with Crippen LogP contribution in [-0.4, -0.2) is 67.4 Å². The van der Waals surface area contributed by atoms with E-state index in [-0.39, 0.29) is 24.4 Å². The van der Waals surface area contributed by atoms with Crippen molar-refractivity contribution in [3.8, 4) is 0 Å². The van der Waals surface area contributed by atoms with Gasteiger partial charge in [0, 0.05) is 31.9 Å². The van der Waals surface area contributed by atoms with Crippen LogP contribution in [0.3, 0.4) is 0 Å². The number of rotatable bonds is 13. The summed E-state index contributed by atoms with van der Waals surface area (Å²) in [7, 11) is 1.50. The van der Waals surface area contributed by atoms with Gasteiger partial charge >= 0.3 is 27.3 Å². The molecule has 27 heavy (non-hydrogen) atoms. The molecule has 0 rings (SSSR count). The van der Waals surface area contributed by atoms with Crippen LogP contribution in [0.2, 0.25) is 6.04 Å². The molecule has 0 aliphatic heterocycles. The van der Waals surface area contributed by atoms with Crippen molar-refractivity contribution in [1.82, 2.24) is 5.32 Å². The monoisotopic (exact) mass is 403 g/mol. The average Bonchev–Trinajstić information content (AvgIpc) is 2.63. The first-order chi connectivity index (χ1) is 12.7. The maximum Gasteiger partial charge on any atom is 0.407 e. The second-order valence-corrected chi connectivity index (χ2v) is 8.13. The highest BCUT2D eigenvalue weighted by Gasteiger charge is 2.20. The molecule has 154 valence electrons. The number of carbonyl (C=O) groups is 3. The lowest BCUT2D eigenvalue weighted by molar-refractivity contribution is -0.147. The number of esters is 2. The molecule has 9 nitrogen and oxygen atoms in total. The Kier molecular flexibility index (Phi) is 12.8. The van der Waals surface area contributed by atoms with Crippen molar-refractivity contribution < 1.29 is 37.4 Å². The molecule has 0 saturated heterocycles. The smallest absolute Gasteiger partial charge is 0.407 e. The van der Waals surface area contributed by atoms with E-state index in [9.17, 15) is 14.4 Å². The lowest BCUT2D eigenvalue weighted by Gasteiger charge is -2.18. The highest BCUT2D eigenvalue weighted by Crippen LogP contribution is 2.03. The SMILES string of the molecule is C=C(C)C(=O)OCC(COC(=O)C(=C)C)OC(=O)NCCC[SiH](OC)OC. The van der Waals surface area contributed by atoms with E-state index in [0.717, 1.165) is 6.04 Å². The Labute approximate surface area is 161 Å². The quantitative estimate of drug-likeness (QED) is 0.161. The Morgan fingerprint density at radius 1 is 0.963 bits per heavy atom. The van der Waals surface area contributed by atoms with E-state index in [4.69, 9.17) is 23.1 Å². The van der Waals surface area contributed by atoms with E-state index in [1.807, 2.05) is 0 Å². The average molecular weight is 404 g/mol. The number of ether oxygens (including phenoxy) is 3. The zero-order valence-corrected chi connectivity index (χ0v) is 17.5. The van der Waals surface area contributed by atoms with Gasteiger partial charge in [0.15, 0.2) is 6.10 Å². The number of hydrogen-bond donors (Lipinski definition) is 1. The van der Waals surface area contributed by atoms with Gasteiger partial charge in [-0.15, -0.1) is 0 Å². The number of carbonyl (C=O) groups excluding carboxylic acids is 3. The van der Waals surface area contributed by atoms with Crippen LogP contribution in [0.25, 0.3) is 0 Å². The summed E-state index contributed by atoms with van der Waals surface area (Å²) in [5.41, 5.74) is 0.402. The van der Waals surface area contributed by atoms with Gasteiger partial charge in [-0.2, -0.15) is 0 Å². The molecule has 0 unspecified atom stereocenters. The summed E-state index contributed by atoms with van der Waals surface area (Å²) in [5, 5.41) is 2.57. The molecule has 0 atom stereocenters. The second-order valence-electron chi connectivity index (χ2n) is 5.75. The molecule has 0 saturated carbocycles. The van der Waals surface area contributed by atoms with Crippen molar-refractivity contribution in [3.05, 3.63) is 24.3 Å². The van der Waals surface area contributed by atoms with Crippen molar-refractivity contribution in [1.29, 1.82) is 0 Å². The molecule has 0 bridgehead atoms. The molecule has 0 heterocycles. The second kappa shape index (κ2) is 14.0. The summed E-state index contributed by atoms with van der Waals surface area (Å²) >= 11 is 0. The molecule has 1 amide bonds. The molecule has 0 aromatic rings. The van der Waals surface area contributed by atoms with E-state index >= 15 is 0 Å². The Bertz CT molecular complexity index is 503. The minimum absolute atomic E-state index is 0.201. The van der Waals surface area contributed by atoms with Crippen LogP contribution in [0.4, 0.5) is 4.79 Å². The molecule has 0 aliphatic rings. The normalized spacial score (nSPS) is 10.4. The van der Waals surface area contributed by atoms with Gasteiger partial charge in [0.2, 0.25) is 0 Å². The van der Waals surface area contributed by atoms with Crippen molar-refractivity contribution >= 4 is 27.3 Å². The number of hydrogen-bond acceptors (Lipinski definition) is 8. The van der Waals surface area contributed by atoms with Crippen LogP contribution >= 0.6 is 0 Å². The Balaban J connectivity index is 4.46. The van der Waals surface area contributed by atoms with Crippen LogP contribution in [0, 0.1) is 0 Å². The summed E-state index contributed by atoms with van der Waals surface area (Å²) in [6, 6.07) is 0.725. The van der Waals surface area contributed by atoms with E-state index in [2.05, 4.69) is 18.5 Å². The van der Waals surface area contributed by atoms with Gasteiger partial charge in [0.05, 0.1) is 0 Å². The molecule has 0 fully saturated rings. The highest BCUT2D eigenvalue weighted by atomic mass is 28.3. The lowest BCUT2D eigenvalue weighted by atomic mass is 10.3. The summed E-state index contributed by atoms with van der Waals surface area (Å²) in [6.07, 6.45) is -1.02. The Hall–Kier alpha value is -2.17. The topological polar surface area (TPSA) is 109 Å². The van der Waals surface area contributed by atoms with Gasteiger partial charge in [-0.1, -0.05) is 13.2 Å². The van der Waals surface area contributed by atoms with Gasteiger partial charge in [0.1, 0.15) is 13.2 Å². The molecule has 0 aromatic carbocycles. The number of amides is 1.